The van der Waals surface area contributed by atoms with Crippen LogP contribution in [0, 0.1) is 0 Å². The van der Waals surface area contributed by atoms with Crippen molar-refractivity contribution in [1.29, 1.82) is 0 Å². The van der Waals surface area contributed by atoms with Gasteiger partial charge in [-0.15, -0.1) is 5.10 Å². The molecule has 4 rings (SSSR count). The van der Waals surface area contributed by atoms with Gasteiger partial charge in [-0.05, 0) is 28.3 Å². The molecule has 10 heteroatoms. The van der Waals surface area contributed by atoms with Gasteiger partial charge in [0.05, 0.1) is 13.2 Å². The number of aromatic nitrogens is 6. The molecule has 4 atom stereocenters. The number of hydrogen-bond donors (Lipinski definition) is 1. The van der Waals surface area contributed by atoms with Gasteiger partial charge in [0.1, 0.15) is 24.4 Å². The van der Waals surface area contributed by atoms with Gasteiger partial charge in [-0.25, -0.2) is 14.6 Å². The van der Waals surface area contributed by atoms with Crippen molar-refractivity contribution in [1.82, 2.24) is 30.2 Å². The highest BCUT2D eigenvalue weighted by atomic mass is 32.2. The number of nitrogens with zero attached hydrogens (tertiary/aromatic N) is 6. The van der Waals surface area contributed by atoms with Gasteiger partial charge in [-0.2, -0.15) is 0 Å². The number of aliphatic hydroxyl groups excluding tert-OH is 1. The molecule has 2 fully saturated rings. The van der Waals surface area contributed by atoms with E-state index in [0.717, 1.165) is 0 Å². The number of fused-ring (bicyclic) bond motifs is 1. The summed E-state index contributed by atoms with van der Waals surface area (Å²) in [5.41, 5.74) is 0. The molecule has 2 aliphatic rings. The highest BCUT2D eigenvalue weighted by molar-refractivity contribution is 7.99. The Morgan fingerprint density at radius 2 is 2.00 bits per heavy atom. The van der Waals surface area contributed by atoms with Crippen molar-refractivity contribution in [3.05, 3.63) is 18.5 Å². The van der Waals surface area contributed by atoms with E-state index in [1.54, 1.807) is 23.1 Å². The topological polar surface area (TPSA) is 108 Å². The molecule has 2 aliphatic heterocycles. The molecule has 0 radical (unpaired) electrons. The highest BCUT2D eigenvalue weighted by Crippen LogP contribution is 2.35. The third kappa shape index (κ3) is 2.29. The summed E-state index contributed by atoms with van der Waals surface area (Å²) in [6.45, 7) is 0.679. The van der Waals surface area contributed by atoms with Crippen LogP contribution in [0.3, 0.4) is 0 Å². The molecule has 0 unspecified atom stereocenters. The first-order valence-corrected chi connectivity index (χ1v) is 7.28. The summed E-state index contributed by atoms with van der Waals surface area (Å²) in [6.07, 6.45) is 2.18. The van der Waals surface area contributed by atoms with Gasteiger partial charge in [0, 0.05) is 12.4 Å². The summed E-state index contributed by atoms with van der Waals surface area (Å²) < 4.78 is 12.9. The Balaban J connectivity index is 1.58. The molecule has 9 nitrogen and oxygen atoms in total. The molecule has 2 saturated heterocycles. The van der Waals surface area contributed by atoms with E-state index in [1.807, 2.05) is 0 Å². The molecule has 0 saturated carbocycles. The van der Waals surface area contributed by atoms with Gasteiger partial charge in [0.15, 0.2) is 5.16 Å². The number of hydrogen-bond acceptors (Lipinski definition) is 9. The lowest BCUT2D eigenvalue weighted by Crippen LogP contribution is -2.30. The molecule has 0 spiro atoms. The van der Waals surface area contributed by atoms with E-state index >= 15 is 0 Å². The van der Waals surface area contributed by atoms with Crippen LogP contribution in [0.15, 0.2) is 28.8 Å². The van der Waals surface area contributed by atoms with Gasteiger partial charge in [-0.3, -0.25) is 0 Å². The van der Waals surface area contributed by atoms with Crippen molar-refractivity contribution < 1.29 is 14.6 Å². The van der Waals surface area contributed by atoms with Crippen LogP contribution >= 0.6 is 11.8 Å². The fourth-order valence-electron chi connectivity index (χ4n) is 2.55. The van der Waals surface area contributed by atoms with E-state index in [9.17, 15) is 5.11 Å². The first-order valence-electron chi connectivity index (χ1n) is 6.47. The smallest absolute Gasteiger partial charge is 0.217 e. The lowest BCUT2D eigenvalue weighted by atomic mass is 10.1. The molecule has 110 valence electrons. The lowest BCUT2D eigenvalue weighted by molar-refractivity contribution is 0.0167. The van der Waals surface area contributed by atoms with Crippen LogP contribution in [0.25, 0.3) is 0 Å². The fourth-order valence-corrected chi connectivity index (χ4v) is 3.28. The van der Waals surface area contributed by atoms with E-state index in [-0.39, 0.29) is 24.9 Å². The molecule has 21 heavy (non-hydrogen) atoms. The maximum atomic E-state index is 9.78. The van der Waals surface area contributed by atoms with Gasteiger partial charge in [-0.1, -0.05) is 0 Å². The third-order valence-electron chi connectivity index (χ3n) is 3.50. The zero-order valence-electron chi connectivity index (χ0n) is 10.8. The first kappa shape index (κ1) is 13.1. The van der Waals surface area contributed by atoms with Crippen molar-refractivity contribution in [2.75, 3.05) is 13.2 Å². The van der Waals surface area contributed by atoms with Crippen LogP contribution in [0.5, 0.6) is 0 Å². The molecule has 0 aliphatic carbocycles. The predicted octanol–water partition coefficient (Wildman–Crippen LogP) is -0.686. The van der Waals surface area contributed by atoms with Gasteiger partial charge >= 0.3 is 0 Å². The van der Waals surface area contributed by atoms with E-state index in [0.29, 0.717) is 16.9 Å². The van der Waals surface area contributed by atoms with E-state index in [2.05, 4.69) is 25.5 Å². The SMILES string of the molecule is O[C@@H]1CO[C@H]2[C@@H]1OC[C@@H]2n1nnnc1Sc1ncccn1. The van der Waals surface area contributed by atoms with Crippen LogP contribution < -0.4 is 0 Å². The maximum absolute atomic E-state index is 9.78. The maximum Gasteiger partial charge on any atom is 0.217 e. The van der Waals surface area contributed by atoms with Gasteiger partial charge in [0.25, 0.3) is 0 Å². The molecule has 0 amide bonds. The van der Waals surface area contributed by atoms with Crippen LogP contribution in [0.4, 0.5) is 0 Å². The predicted molar refractivity (Wildman–Crippen MR) is 68.5 cm³/mol. The van der Waals surface area contributed by atoms with Crippen molar-refractivity contribution in [3.63, 3.8) is 0 Å². The Bertz CT molecular complexity index is 625. The second kappa shape index (κ2) is 5.30. The van der Waals surface area contributed by atoms with Gasteiger partial charge < -0.3 is 14.6 Å². The fraction of sp³-hybridized carbons (Fsp3) is 0.545. The first-order chi connectivity index (χ1) is 10.3. The van der Waals surface area contributed by atoms with E-state index < -0.39 is 6.10 Å². The molecular weight excluding hydrogens is 296 g/mol. The Morgan fingerprint density at radius 3 is 2.86 bits per heavy atom. The quantitative estimate of drug-likeness (QED) is 0.737. The summed E-state index contributed by atoms with van der Waals surface area (Å²) >= 11 is 1.27. The normalized spacial score (nSPS) is 31.5. The molecular formula is C11H12N6O3S. The van der Waals surface area contributed by atoms with Gasteiger partial charge in [0.2, 0.25) is 5.16 Å². The number of aliphatic hydroxyl groups is 1. The monoisotopic (exact) mass is 308 g/mol. The minimum absolute atomic E-state index is 0.159. The second-order valence-electron chi connectivity index (χ2n) is 4.77. The molecule has 0 bridgehead atoms. The standard InChI is InChI=1S/C11H12N6O3S/c18-7-5-20-8-6(4-19-9(7)8)17-11(14-15-16-17)21-10-12-2-1-3-13-10/h1-3,6-9,18H,4-5H2/t6-,7+,8+,9+/m0/s1. The lowest BCUT2D eigenvalue weighted by Gasteiger charge is -2.16. The molecule has 2 aromatic heterocycles. The summed E-state index contributed by atoms with van der Waals surface area (Å²) in [7, 11) is 0. The van der Waals surface area contributed by atoms with Crippen molar-refractivity contribution >= 4 is 11.8 Å². The zero-order valence-corrected chi connectivity index (χ0v) is 11.6. The number of ether oxygens (including phenoxy) is 2. The van der Waals surface area contributed by atoms with Crippen molar-refractivity contribution in [2.45, 2.75) is 34.7 Å². The summed E-state index contributed by atoms with van der Waals surface area (Å²) in [4.78, 5) is 8.28. The highest BCUT2D eigenvalue weighted by Gasteiger charge is 2.49. The molecule has 1 N–H and O–H groups in total. The third-order valence-corrected chi connectivity index (χ3v) is 4.35. The number of tetrazole rings is 1. The van der Waals surface area contributed by atoms with Crippen LogP contribution in [-0.4, -0.2) is 66.8 Å². The van der Waals surface area contributed by atoms with Crippen LogP contribution in [0.1, 0.15) is 6.04 Å². The van der Waals surface area contributed by atoms with E-state index in [1.165, 1.54) is 11.8 Å². The zero-order chi connectivity index (χ0) is 14.2. The van der Waals surface area contributed by atoms with Crippen molar-refractivity contribution in [2.24, 2.45) is 0 Å². The largest absolute Gasteiger partial charge is 0.388 e. The number of rotatable bonds is 3. The summed E-state index contributed by atoms with van der Waals surface area (Å²) in [5.74, 6) is 0. The molecule has 0 aromatic carbocycles. The Hall–Kier alpha value is -1.62. The van der Waals surface area contributed by atoms with Crippen LogP contribution in [0.2, 0.25) is 0 Å². The molecule has 4 heterocycles. The Kier molecular flexibility index (Phi) is 3.30. The second-order valence-corrected chi connectivity index (χ2v) is 5.70. The Morgan fingerprint density at radius 1 is 1.19 bits per heavy atom. The minimum atomic E-state index is -0.593. The van der Waals surface area contributed by atoms with Crippen molar-refractivity contribution in [3.8, 4) is 0 Å². The molecule has 2 aromatic rings. The summed E-state index contributed by atoms with van der Waals surface area (Å²) in [5, 5.41) is 22.6. The average Bonchev–Trinajstić information content (AvgIpc) is 3.19. The average molecular weight is 308 g/mol. The Labute approximate surface area is 123 Å². The van der Waals surface area contributed by atoms with E-state index in [4.69, 9.17) is 9.47 Å². The minimum Gasteiger partial charge on any atom is -0.388 e. The van der Waals surface area contributed by atoms with Crippen LogP contribution in [-0.2, 0) is 9.47 Å². The summed E-state index contributed by atoms with van der Waals surface area (Å²) in [6, 6.07) is 1.59.